The van der Waals surface area contributed by atoms with Gasteiger partial charge in [0.25, 0.3) is 0 Å². The molecule has 5 heteroatoms. The molecule has 0 bridgehead atoms. The highest BCUT2D eigenvalue weighted by molar-refractivity contribution is 5.64. The van der Waals surface area contributed by atoms with Crippen LogP contribution < -0.4 is 0 Å². The predicted molar refractivity (Wildman–Crippen MR) is 105 cm³/mol. The molecule has 1 saturated heterocycles. The first-order valence-electron chi connectivity index (χ1n) is 9.92. The lowest BCUT2D eigenvalue weighted by Crippen LogP contribution is -2.27. The Hall–Kier alpha value is -1.82. The van der Waals surface area contributed by atoms with Crippen LogP contribution in [-0.4, -0.2) is 20.3 Å². The first-order valence-corrected chi connectivity index (χ1v) is 9.92. The van der Waals surface area contributed by atoms with Gasteiger partial charge >= 0.3 is 0 Å². The van der Waals surface area contributed by atoms with Crippen LogP contribution in [0.25, 0.3) is 11.1 Å². The number of rotatable bonds is 8. The van der Waals surface area contributed by atoms with E-state index in [-0.39, 0.29) is 18.5 Å². The molecule has 0 unspecified atom stereocenters. The van der Waals surface area contributed by atoms with Gasteiger partial charge in [0.1, 0.15) is 11.6 Å². The monoisotopic (exact) mass is 390 g/mol. The highest BCUT2D eigenvalue weighted by atomic mass is 19.1. The molecule has 0 aliphatic carbocycles. The standard InChI is InChI=1S/C23H28F2O3/c1-3-4-5-6-16-13-27-23(28-14-16)18-9-7-17(8-10-18)19-11-21(24)20(15-26-2)22(25)12-19/h7-12,16,23H,3-6,13-15H2,1-2H3/t16-,23-. The van der Waals surface area contributed by atoms with Crippen molar-refractivity contribution >= 4 is 0 Å². The average molecular weight is 390 g/mol. The normalized spacial score (nSPS) is 19.7. The molecule has 2 aromatic rings. The van der Waals surface area contributed by atoms with E-state index in [2.05, 4.69) is 6.92 Å². The summed E-state index contributed by atoms with van der Waals surface area (Å²) in [6.45, 7) is 3.51. The van der Waals surface area contributed by atoms with E-state index in [1.807, 2.05) is 24.3 Å². The fourth-order valence-corrected chi connectivity index (χ4v) is 3.47. The van der Waals surface area contributed by atoms with Crippen LogP contribution in [0, 0.1) is 17.6 Å². The summed E-state index contributed by atoms with van der Waals surface area (Å²) in [4.78, 5) is 0. The molecule has 3 rings (SSSR count). The van der Waals surface area contributed by atoms with Crippen LogP contribution in [0.4, 0.5) is 8.78 Å². The Morgan fingerprint density at radius 3 is 2.18 bits per heavy atom. The molecule has 152 valence electrons. The van der Waals surface area contributed by atoms with E-state index in [4.69, 9.17) is 14.2 Å². The summed E-state index contributed by atoms with van der Waals surface area (Å²) in [7, 11) is 1.41. The summed E-state index contributed by atoms with van der Waals surface area (Å²) in [6, 6.07) is 10.1. The van der Waals surface area contributed by atoms with Crippen molar-refractivity contribution in [1.82, 2.24) is 0 Å². The minimum atomic E-state index is -0.603. The SMILES string of the molecule is CCCCC[C@H]1CO[C@H](c2ccc(-c3cc(F)c(COC)c(F)c3)cc2)OC1. The molecule has 1 aliphatic heterocycles. The highest BCUT2D eigenvalue weighted by Crippen LogP contribution is 2.30. The molecule has 0 N–H and O–H groups in total. The molecule has 0 spiro atoms. The van der Waals surface area contributed by atoms with Crippen LogP contribution in [0.5, 0.6) is 0 Å². The summed E-state index contributed by atoms with van der Waals surface area (Å²) in [5, 5.41) is 0. The van der Waals surface area contributed by atoms with Crippen molar-refractivity contribution in [2.75, 3.05) is 20.3 Å². The van der Waals surface area contributed by atoms with Crippen LogP contribution in [0.1, 0.15) is 50.0 Å². The van der Waals surface area contributed by atoms with Crippen LogP contribution in [0.15, 0.2) is 36.4 Å². The Morgan fingerprint density at radius 1 is 0.964 bits per heavy atom. The zero-order valence-corrected chi connectivity index (χ0v) is 16.5. The molecule has 0 atom stereocenters. The number of unbranched alkanes of at least 4 members (excludes halogenated alkanes) is 2. The van der Waals surface area contributed by atoms with Crippen LogP contribution in [-0.2, 0) is 20.8 Å². The zero-order chi connectivity index (χ0) is 19.9. The van der Waals surface area contributed by atoms with Gasteiger partial charge in [0.2, 0.25) is 0 Å². The first-order chi connectivity index (χ1) is 13.6. The third kappa shape index (κ3) is 5.16. The number of benzene rings is 2. The van der Waals surface area contributed by atoms with Crippen molar-refractivity contribution in [1.29, 1.82) is 0 Å². The highest BCUT2D eigenvalue weighted by Gasteiger charge is 2.23. The third-order valence-corrected chi connectivity index (χ3v) is 5.13. The van der Waals surface area contributed by atoms with Crippen LogP contribution in [0.3, 0.4) is 0 Å². The van der Waals surface area contributed by atoms with E-state index in [1.54, 1.807) is 0 Å². The maximum Gasteiger partial charge on any atom is 0.183 e. The maximum atomic E-state index is 14.1. The Morgan fingerprint density at radius 2 is 1.61 bits per heavy atom. The van der Waals surface area contributed by atoms with E-state index in [0.717, 1.165) is 17.5 Å². The average Bonchev–Trinajstić information content (AvgIpc) is 2.71. The van der Waals surface area contributed by atoms with Crippen LogP contribution >= 0.6 is 0 Å². The smallest absolute Gasteiger partial charge is 0.183 e. The van der Waals surface area contributed by atoms with Crippen LogP contribution in [0.2, 0.25) is 0 Å². The summed E-state index contributed by atoms with van der Waals surface area (Å²) < 4.78 is 44.9. The lowest BCUT2D eigenvalue weighted by Gasteiger charge is -2.29. The fourth-order valence-electron chi connectivity index (χ4n) is 3.47. The molecule has 0 amide bonds. The molecule has 1 fully saturated rings. The van der Waals surface area contributed by atoms with Crippen molar-refractivity contribution in [2.45, 2.75) is 45.5 Å². The molecule has 1 heterocycles. The lowest BCUT2D eigenvalue weighted by molar-refractivity contribution is -0.206. The largest absolute Gasteiger partial charge is 0.380 e. The second-order valence-corrected chi connectivity index (χ2v) is 7.33. The quantitative estimate of drug-likeness (QED) is 0.516. The fraction of sp³-hybridized carbons (Fsp3) is 0.478. The van der Waals surface area contributed by atoms with Gasteiger partial charge in [-0.3, -0.25) is 0 Å². The molecule has 0 aromatic heterocycles. The van der Waals surface area contributed by atoms with Gasteiger partial charge < -0.3 is 14.2 Å². The number of ether oxygens (including phenoxy) is 3. The Bertz CT molecular complexity index is 730. The topological polar surface area (TPSA) is 27.7 Å². The molecule has 3 nitrogen and oxygen atoms in total. The minimum absolute atomic E-state index is 0.0552. The van der Waals surface area contributed by atoms with Crippen molar-refractivity contribution < 1.29 is 23.0 Å². The van der Waals surface area contributed by atoms with Crippen molar-refractivity contribution in [3.05, 3.63) is 59.2 Å². The predicted octanol–water partition coefficient (Wildman–Crippen LogP) is 6.02. The van der Waals surface area contributed by atoms with Gasteiger partial charge in [0.15, 0.2) is 6.29 Å². The minimum Gasteiger partial charge on any atom is -0.380 e. The molecule has 0 radical (unpaired) electrons. The van der Waals surface area contributed by atoms with Crippen molar-refractivity contribution in [3.63, 3.8) is 0 Å². The molecule has 0 saturated carbocycles. The van der Waals surface area contributed by atoms with Gasteiger partial charge in [-0.2, -0.15) is 0 Å². The Balaban J connectivity index is 1.63. The second kappa shape index (κ2) is 10.1. The van der Waals surface area contributed by atoms with Gasteiger partial charge in [0.05, 0.1) is 19.8 Å². The molecular weight excluding hydrogens is 362 g/mol. The first kappa shape index (κ1) is 20.9. The Labute approximate surface area is 165 Å². The van der Waals surface area contributed by atoms with Crippen molar-refractivity contribution in [3.8, 4) is 11.1 Å². The molecule has 28 heavy (non-hydrogen) atoms. The maximum absolute atomic E-state index is 14.1. The summed E-state index contributed by atoms with van der Waals surface area (Å²) in [6.07, 6.45) is 4.43. The number of hydrogen-bond donors (Lipinski definition) is 0. The molecular formula is C23H28F2O3. The number of halogens is 2. The Kier molecular flexibility index (Phi) is 7.54. The molecule has 2 aromatic carbocycles. The summed E-state index contributed by atoms with van der Waals surface area (Å²) in [5.41, 5.74) is 2.08. The van der Waals surface area contributed by atoms with E-state index < -0.39 is 11.6 Å². The molecule has 1 aliphatic rings. The summed E-state index contributed by atoms with van der Waals surface area (Å²) >= 11 is 0. The van der Waals surface area contributed by atoms with E-state index in [1.165, 1.54) is 38.5 Å². The summed E-state index contributed by atoms with van der Waals surface area (Å²) in [5.74, 6) is -0.749. The zero-order valence-electron chi connectivity index (χ0n) is 16.5. The van der Waals surface area contributed by atoms with Crippen molar-refractivity contribution in [2.24, 2.45) is 5.92 Å². The van der Waals surface area contributed by atoms with E-state index in [0.29, 0.717) is 24.7 Å². The lowest BCUT2D eigenvalue weighted by atomic mass is 10.0. The van der Waals surface area contributed by atoms with Gasteiger partial charge in [-0.1, -0.05) is 50.5 Å². The van der Waals surface area contributed by atoms with E-state index >= 15 is 0 Å². The number of methoxy groups -OCH3 is 1. The number of hydrogen-bond acceptors (Lipinski definition) is 3. The third-order valence-electron chi connectivity index (χ3n) is 5.13. The van der Waals surface area contributed by atoms with Gasteiger partial charge in [-0.05, 0) is 29.7 Å². The van der Waals surface area contributed by atoms with E-state index in [9.17, 15) is 8.78 Å². The van der Waals surface area contributed by atoms with Gasteiger partial charge in [-0.15, -0.1) is 0 Å². The van der Waals surface area contributed by atoms with Gasteiger partial charge in [-0.25, -0.2) is 8.78 Å². The van der Waals surface area contributed by atoms with Gasteiger partial charge in [0, 0.05) is 24.2 Å². The second-order valence-electron chi connectivity index (χ2n) is 7.33.